The lowest BCUT2D eigenvalue weighted by atomic mass is 10.0. The first-order chi connectivity index (χ1) is 38.9. The van der Waals surface area contributed by atoms with Crippen molar-refractivity contribution in [3.8, 4) is 0 Å². The summed E-state index contributed by atoms with van der Waals surface area (Å²) in [5.41, 5.74) is 0. The smallest absolute Gasteiger partial charge is 0.456 e. The van der Waals surface area contributed by atoms with Gasteiger partial charge < -0.3 is 19.4 Å². The molecule has 1 amide bonds. The number of unbranched alkanes of at least 4 members (excludes halogenated alkanes) is 47. The second-order valence-corrected chi connectivity index (χ2v) is 26.9. The molecule has 0 spiro atoms. The first-order valence-corrected chi connectivity index (χ1v) is 36.7. The Labute approximate surface area is 498 Å². The molecular weight excluding hydrogens is 1010 g/mol. The standard InChI is InChI=1S/C70H137N2O7P/c1-7-10-13-16-19-22-25-28-30-32-34-36-38-40-42-44-47-50-53-56-59-62-69(73)71-67(66-78-80(75,76)77-65-64-72(4,5)6)68(61-58-55-52-49-46-27-24-21-18-15-12-9-3)79-70(74)63-60-57-54-51-48-45-43-41-39-37-35-33-31-29-26-23-20-17-14-11-8-2/h28,30,58,61,67-68H,7-27,29,31-57,59-60,62-66H2,1-6H3,(H-,71,73,75,76)/p+1/b30-28+,61-58+. The van der Waals surface area contributed by atoms with Crippen molar-refractivity contribution in [2.75, 3.05) is 40.9 Å². The van der Waals surface area contributed by atoms with Crippen LogP contribution in [0.3, 0.4) is 0 Å². The van der Waals surface area contributed by atoms with E-state index in [2.05, 4.69) is 38.2 Å². The number of rotatable bonds is 65. The van der Waals surface area contributed by atoms with E-state index in [0.29, 0.717) is 23.9 Å². The SMILES string of the molecule is CCCCCCCC/C=C/CCCCCCCCCCCCCC(=O)NC(COP(=O)(O)OCC[N+](C)(C)C)C(/C=C/CCCCCCCCCCCC)OC(=O)CCCCCCCCCCCCCCCCCCCCCCC. The molecule has 3 unspecified atom stereocenters. The fourth-order valence-corrected chi connectivity index (χ4v) is 11.4. The molecule has 9 nitrogen and oxygen atoms in total. The maximum absolute atomic E-state index is 13.6. The van der Waals surface area contributed by atoms with Gasteiger partial charge in [0.15, 0.2) is 0 Å². The van der Waals surface area contributed by atoms with Crippen LogP contribution < -0.4 is 5.32 Å². The van der Waals surface area contributed by atoms with Gasteiger partial charge in [-0.2, -0.15) is 0 Å². The van der Waals surface area contributed by atoms with E-state index < -0.39 is 20.0 Å². The van der Waals surface area contributed by atoms with E-state index >= 15 is 0 Å². The van der Waals surface area contributed by atoms with Crippen molar-refractivity contribution < 1.29 is 37.3 Å². The normalized spacial score (nSPS) is 13.6. The Balaban J connectivity index is 5.07. The minimum Gasteiger partial charge on any atom is -0.456 e. The number of quaternary nitrogens is 1. The molecule has 0 heterocycles. The van der Waals surface area contributed by atoms with Gasteiger partial charge in [0.05, 0.1) is 33.8 Å². The minimum atomic E-state index is -4.45. The number of phosphoric ester groups is 1. The van der Waals surface area contributed by atoms with Gasteiger partial charge in [0.1, 0.15) is 19.3 Å². The molecular formula is C70H138N2O7P+. The molecule has 0 radical (unpaired) electrons. The largest absolute Gasteiger partial charge is 0.472 e. The third kappa shape index (κ3) is 61.1. The van der Waals surface area contributed by atoms with Crippen molar-refractivity contribution in [2.24, 2.45) is 0 Å². The number of nitrogens with one attached hydrogen (secondary N) is 1. The van der Waals surface area contributed by atoms with E-state index in [1.165, 1.54) is 270 Å². The summed E-state index contributed by atoms with van der Waals surface area (Å²) >= 11 is 0. The molecule has 474 valence electrons. The molecule has 3 atom stereocenters. The number of phosphoric acid groups is 1. The zero-order chi connectivity index (χ0) is 58.6. The van der Waals surface area contributed by atoms with Gasteiger partial charge in [-0.3, -0.25) is 18.6 Å². The molecule has 80 heavy (non-hydrogen) atoms. The highest BCUT2D eigenvalue weighted by Gasteiger charge is 2.30. The predicted octanol–water partition coefficient (Wildman–Crippen LogP) is 22.1. The monoisotopic (exact) mass is 1150 g/mol. The maximum Gasteiger partial charge on any atom is 0.472 e. The van der Waals surface area contributed by atoms with Crippen LogP contribution in [0, 0.1) is 0 Å². The Hall–Kier alpha value is -1.51. The topological polar surface area (TPSA) is 111 Å². The third-order valence-corrected chi connectivity index (χ3v) is 17.1. The number of amides is 1. The molecule has 0 saturated heterocycles. The molecule has 0 saturated carbocycles. The summed E-state index contributed by atoms with van der Waals surface area (Å²) in [7, 11) is 1.52. The van der Waals surface area contributed by atoms with Crippen LogP contribution >= 0.6 is 7.82 Å². The Morgan fingerprint density at radius 1 is 0.425 bits per heavy atom. The summed E-state index contributed by atoms with van der Waals surface area (Å²) in [4.78, 5) is 37.9. The van der Waals surface area contributed by atoms with Gasteiger partial charge >= 0.3 is 13.8 Å². The Kier molecular flexibility index (Phi) is 59.5. The number of hydrogen-bond acceptors (Lipinski definition) is 6. The van der Waals surface area contributed by atoms with E-state index in [0.717, 1.165) is 57.8 Å². The van der Waals surface area contributed by atoms with Gasteiger partial charge in [-0.1, -0.05) is 315 Å². The van der Waals surface area contributed by atoms with Gasteiger partial charge in [-0.25, -0.2) is 4.57 Å². The number of hydrogen-bond donors (Lipinski definition) is 2. The van der Waals surface area contributed by atoms with Crippen LogP contribution in [-0.2, 0) is 27.9 Å². The number of allylic oxidation sites excluding steroid dienone is 3. The second-order valence-electron chi connectivity index (χ2n) is 25.4. The van der Waals surface area contributed by atoms with Crippen LogP contribution in [0.2, 0.25) is 0 Å². The first kappa shape index (κ1) is 78.5. The van der Waals surface area contributed by atoms with E-state index in [4.69, 9.17) is 13.8 Å². The summed E-state index contributed by atoms with van der Waals surface area (Å²) in [6, 6.07) is -0.844. The van der Waals surface area contributed by atoms with Crippen LogP contribution in [-0.4, -0.2) is 74.3 Å². The van der Waals surface area contributed by atoms with Gasteiger partial charge in [0.2, 0.25) is 5.91 Å². The zero-order valence-electron chi connectivity index (χ0n) is 54.4. The average Bonchev–Trinajstić information content (AvgIpc) is 3.42. The molecule has 0 aromatic carbocycles. The lowest BCUT2D eigenvalue weighted by Crippen LogP contribution is -2.47. The van der Waals surface area contributed by atoms with Crippen molar-refractivity contribution in [3.05, 3.63) is 24.3 Å². The fraction of sp³-hybridized carbons (Fsp3) is 0.914. The number of esters is 1. The van der Waals surface area contributed by atoms with E-state index in [-0.39, 0.29) is 25.1 Å². The molecule has 0 rings (SSSR count). The van der Waals surface area contributed by atoms with Gasteiger partial charge in [-0.15, -0.1) is 0 Å². The molecule has 0 aliphatic rings. The van der Waals surface area contributed by atoms with Crippen LogP contribution in [0.1, 0.15) is 361 Å². The Bertz CT molecular complexity index is 1420. The quantitative estimate of drug-likeness (QED) is 0.0205. The van der Waals surface area contributed by atoms with Crippen molar-refractivity contribution >= 4 is 19.7 Å². The Morgan fingerprint density at radius 2 is 0.725 bits per heavy atom. The van der Waals surface area contributed by atoms with Crippen LogP contribution in [0.25, 0.3) is 0 Å². The third-order valence-electron chi connectivity index (χ3n) is 16.1. The maximum atomic E-state index is 13.6. The van der Waals surface area contributed by atoms with E-state index in [1.54, 1.807) is 0 Å². The summed E-state index contributed by atoms with van der Waals surface area (Å²) in [5.74, 6) is -0.483. The minimum absolute atomic E-state index is 0.0441. The molecule has 0 fully saturated rings. The summed E-state index contributed by atoms with van der Waals surface area (Å²) in [6.45, 7) is 7.07. The molecule has 0 aromatic rings. The van der Waals surface area contributed by atoms with Crippen LogP contribution in [0.4, 0.5) is 0 Å². The summed E-state index contributed by atoms with van der Waals surface area (Å²) in [6.07, 6.45) is 73.3. The lowest BCUT2D eigenvalue weighted by molar-refractivity contribution is -0.870. The lowest BCUT2D eigenvalue weighted by Gasteiger charge is -2.27. The highest BCUT2D eigenvalue weighted by Crippen LogP contribution is 2.43. The van der Waals surface area contributed by atoms with Crippen LogP contribution in [0.15, 0.2) is 24.3 Å². The van der Waals surface area contributed by atoms with Crippen molar-refractivity contribution in [1.82, 2.24) is 5.32 Å². The number of likely N-dealkylation sites (N-methyl/N-ethyl adjacent to an activating group) is 1. The van der Waals surface area contributed by atoms with Gasteiger partial charge in [0.25, 0.3) is 0 Å². The van der Waals surface area contributed by atoms with Crippen molar-refractivity contribution in [1.29, 1.82) is 0 Å². The molecule has 0 aliphatic carbocycles. The molecule has 0 bridgehead atoms. The number of carbonyl (C=O) groups is 2. The second kappa shape index (κ2) is 60.6. The zero-order valence-corrected chi connectivity index (χ0v) is 55.2. The molecule has 10 heteroatoms. The van der Waals surface area contributed by atoms with Crippen molar-refractivity contribution in [3.63, 3.8) is 0 Å². The predicted molar refractivity (Wildman–Crippen MR) is 346 cm³/mol. The van der Waals surface area contributed by atoms with Crippen molar-refractivity contribution in [2.45, 2.75) is 373 Å². The highest BCUT2D eigenvalue weighted by atomic mass is 31.2. The van der Waals surface area contributed by atoms with Gasteiger partial charge in [0, 0.05) is 12.8 Å². The Morgan fingerprint density at radius 3 is 1.06 bits per heavy atom. The number of ether oxygens (including phenoxy) is 1. The summed E-state index contributed by atoms with van der Waals surface area (Å²) < 4.78 is 30.8. The average molecular weight is 1150 g/mol. The molecule has 0 aromatic heterocycles. The summed E-state index contributed by atoms with van der Waals surface area (Å²) in [5, 5.41) is 3.08. The van der Waals surface area contributed by atoms with E-state index in [1.807, 2.05) is 33.3 Å². The molecule has 0 aliphatic heterocycles. The van der Waals surface area contributed by atoms with Gasteiger partial charge in [-0.05, 0) is 57.4 Å². The number of nitrogens with zero attached hydrogens (tertiary/aromatic N) is 1. The highest BCUT2D eigenvalue weighted by molar-refractivity contribution is 7.47. The van der Waals surface area contributed by atoms with E-state index in [9.17, 15) is 19.0 Å². The van der Waals surface area contributed by atoms with Crippen LogP contribution in [0.5, 0.6) is 0 Å². The fourth-order valence-electron chi connectivity index (χ4n) is 10.7. The first-order valence-electron chi connectivity index (χ1n) is 35.2. The number of carbonyl (C=O) groups excluding carboxylic acids is 2. The molecule has 2 N–H and O–H groups in total.